The fraction of sp³-hybridized carbons (Fsp3) is 0.417. The first kappa shape index (κ1) is 11.7. The van der Waals surface area contributed by atoms with E-state index in [2.05, 4.69) is 0 Å². The van der Waals surface area contributed by atoms with Crippen molar-refractivity contribution in [1.29, 1.82) is 0 Å². The molecule has 0 spiro atoms. The van der Waals surface area contributed by atoms with Crippen LogP contribution in [-0.4, -0.2) is 24.3 Å². The highest BCUT2D eigenvalue weighted by atomic mass is 16.5. The molecule has 1 aromatic carbocycles. The Morgan fingerprint density at radius 1 is 1.40 bits per heavy atom. The van der Waals surface area contributed by atoms with E-state index in [1.54, 1.807) is 0 Å². The highest BCUT2D eigenvalue weighted by Gasteiger charge is 2.16. The van der Waals surface area contributed by atoms with Crippen molar-refractivity contribution in [3.63, 3.8) is 0 Å². The smallest absolute Gasteiger partial charge is 0.333 e. The number of hydrogen-bond donors (Lipinski definition) is 1. The highest BCUT2D eigenvalue weighted by molar-refractivity contribution is 5.72. The van der Waals surface area contributed by atoms with Gasteiger partial charge in [0.1, 0.15) is 0 Å². The number of rotatable bonds is 4. The first-order valence-corrected chi connectivity index (χ1v) is 4.86. The normalized spacial score (nSPS) is 12.5. The molecule has 1 unspecified atom stereocenters. The average Bonchev–Trinajstić information content (AvgIpc) is 2.19. The molecule has 3 nitrogen and oxygen atoms in total. The zero-order chi connectivity index (χ0) is 11.4. The van der Waals surface area contributed by atoms with E-state index < -0.39 is 12.1 Å². The molecule has 0 heterocycles. The molecular weight excluding hydrogens is 192 g/mol. The van der Waals surface area contributed by atoms with Crippen molar-refractivity contribution >= 4 is 5.97 Å². The minimum Gasteiger partial charge on any atom is -0.479 e. The second kappa shape index (κ2) is 4.94. The number of hydrogen-bond acceptors (Lipinski definition) is 2. The first-order valence-electron chi connectivity index (χ1n) is 4.86. The van der Waals surface area contributed by atoms with E-state index in [4.69, 9.17) is 9.84 Å². The SMILES string of the molecule is COC(Cc1ccc(C)c(C)c1)C(=O)O. The van der Waals surface area contributed by atoms with Gasteiger partial charge in [0.25, 0.3) is 0 Å². The van der Waals surface area contributed by atoms with Crippen LogP contribution in [-0.2, 0) is 16.0 Å². The molecule has 1 N–H and O–H groups in total. The molecule has 0 saturated carbocycles. The van der Waals surface area contributed by atoms with Gasteiger partial charge in [-0.1, -0.05) is 18.2 Å². The zero-order valence-electron chi connectivity index (χ0n) is 9.28. The van der Waals surface area contributed by atoms with Crippen LogP contribution in [0.1, 0.15) is 16.7 Å². The third-order valence-corrected chi connectivity index (χ3v) is 2.55. The van der Waals surface area contributed by atoms with Gasteiger partial charge in [0, 0.05) is 13.5 Å². The molecule has 0 saturated heterocycles. The van der Waals surface area contributed by atoms with Gasteiger partial charge in [0.15, 0.2) is 6.10 Å². The maximum Gasteiger partial charge on any atom is 0.333 e. The molecule has 0 fully saturated rings. The summed E-state index contributed by atoms with van der Waals surface area (Å²) in [6.07, 6.45) is -0.348. The van der Waals surface area contributed by atoms with Crippen LogP contribution >= 0.6 is 0 Å². The Labute approximate surface area is 89.7 Å². The van der Waals surface area contributed by atoms with Crippen molar-refractivity contribution in [3.8, 4) is 0 Å². The summed E-state index contributed by atoms with van der Waals surface area (Å²) < 4.78 is 4.89. The Hall–Kier alpha value is -1.35. The van der Waals surface area contributed by atoms with Crippen molar-refractivity contribution in [2.45, 2.75) is 26.4 Å². The van der Waals surface area contributed by atoms with Gasteiger partial charge in [0.2, 0.25) is 0 Å². The predicted octanol–water partition coefficient (Wildman–Crippen LogP) is 1.95. The van der Waals surface area contributed by atoms with Crippen LogP contribution in [0.25, 0.3) is 0 Å². The van der Waals surface area contributed by atoms with E-state index in [1.807, 2.05) is 32.0 Å². The number of benzene rings is 1. The number of methoxy groups -OCH3 is 1. The number of ether oxygens (including phenoxy) is 1. The van der Waals surface area contributed by atoms with Crippen molar-refractivity contribution in [3.05, 3.63) is 34.9 Å². The number of carboxylic acid groups (broad SMARTS) is 1. The zero-order valence-corrected chi connectivity index (χ0v) is 9.28. The van der Waals surface area contributed by atoms with Crippen LogP contribution in [0.4, 0.5) is 0 Å². The second-order valence-corrected chi connectivity index (χ2v) is 3.69. The van der Waals surface area contributed by atoms with Crippen molar-refractivity contribution in [1.82, 2.24) is 0 Å². The fourth-order valence-corrected chi connectivity index (χ4v) is 1.42. The van der Waals surface area contributed by atoms with Gasteiger partial charge in [-0.15, -0.1) is 0 Å². The molecule has 0 aromatic heterocycles. The lowest BCUT2D eigenvalue weighted by atomic mass is 10.0. The monoisotopic (exact) mass is 208 g/mol. The van der Waals surface area contributed by atoms with E-state index in [9.17, 15) is 4.79 Å². The van der Waals surface area contributed by atoms with Crippen LogP contribution in [0.5, 0.6) is 0 Å². The lowest BCUT2D eigenvalue weighted by molar-refractivity contribution is -0.148. The molecule has 1 aromatic rings. The topological polar surface area (TPSA) is 46.5 Å². The summed E-state index contributed by atoms with van der Waals surface area (Å²) in [5, 5.41) is 8.83. The van der Waals surface area contributed by atoms with E-state index in [1.165, 1.54) is 18.2 Å². The van der Waals surface area contributed by atoms with Crippen LogP contribution in [0.15, 0.2) is 18.2 Å². The lowest BCUT2D eigenvalue weighted by Gasteiger charge is -2.11. The van der Waals surface area contributed by atoms with Gasteiger partial charge in [-0.05, 0) is 30.5 Å². The standard InChI is InChI=1S/C12H16O3/c1-8-4-5-10(6-9(8)2)7-11(15-3)12(13)14/h4-6,11H,7H2,1-3H3,(H,13,14). The summed E-state index contributed by atoms with van der Waals surface area (Å²) >= 11 is 0. The van der Waals surface area contributed by atoms with Crippen LogP contribution in [0, 0.1) is 13.8 Å². The van der Waals surface area contributed by atoms with Gasteiger partial charge in [-0.3, -0.25) is 0 Å². The number of aliphatic carboxylic acids is 1. The molecule has 0 bridgehead atoms. The van der Waals surface area contributed by atoms with Crippen molar-refractivity contribution < 1.29 is 14.6 Å². The maximum absolute atomic E-state index is 10.8. The molecule has 1 rings (SSSR count). The second-order valence-electron chi connectivity index (χ2n) is 3.69. The van der Waals surface area contributed by atoms with Gasteiger partial charge >= 0.3 is 5.97 Å². The fourth-order valence-electron chi connectivity index (χ4n) is 1.42. The molecule has 0 aliphatic heterocycles. The molecule has 3 heteroatoms. The Bertz CT molecular complexity index is 358. The van der Waals surface area contributed by atoms with Crippen LogP contribution < -0.4 is 0 Å². The minimum absolute atomic E-state index is 0.410. The number of carboxylic acids is 1. The minimum atomic E-state index is -0.921. The maximum atomic E-state index is 10.8. The van der Waals surface area contributed by atoms with Crippen LogP contribution in [0.3, 0.4) is 0 Å². The molecule has 15 heavy (non-hydrogen) atoms. The third kappa shape index (κ3) is 3.06. The average molecular weight is 208 g/mol. The Morgan fingerprint density at radius 3 is 2.53 bits per heavy atom. The Balaban J connectivity index is 2.80. The highest BCUT2D eigenvalue weighted by Crippen LogP contribution is 2.12. The summed E-state index contributed by atoms with van der Waals surface area (Å²) in [7, 11) is 1.42. The molecule has 0 aliphatic carbocycles. The van der Waals surface area contributed by atoms with Gasteiger partial charge in [-0.2, -0.15) is 0 Å². The number of carbonyl (C=O) groups is 1. The molecule has 82 valence electrons. The Morgan fingerprint density at radius 2 is 2.07 bits per heavy atom. The molecule has 0 radical (unpaired) electrons. The van der Waals surface area contributed by atoms with E-state index in [0.717, 1.165) is 5.56 Å². The van der Waals surface area contributed by atoms with Crippen LogP contribution in [0.2, 0.25) is 0 Å². The number of aryl methyl sites for hydroxylation is 2. The van der Waals surface area contributed by atoms with E-state index in [0.29, 0.717) is 6.42 Å². The summed E-state index contributed by atoms with van der Waals surface area (Å²) in [4.78, 5) is 10.8. The Kier molecular flexibility index (Phi) is 3.86. The van der Waals surface area contributed by atoms with Gasteiger partial charge in [-0.25, -0.2) is 4.79 Å². The van der Waals surface area contributed by atoms with Gasteiger partial charge < -0.3 is 9.84 Å². The summed E-state index contributed by atoms with van der Waals surface area (Å²) in [6.45, 7) is 4.05. The summed E-state index contributed by atoms with van der Waals surface area (Å²) in [6, 6.07) is 5.95. The van der Waals surface area contributed by atoms with Crippen molar-refractivity contribution in [2.75, 3.05) is 7.11 Å². The molecule has 0 aliphatic rings. The van der Waals surface area contributed by atoms with E-state index in [-0.39, 0.29) is 0 Å². The first-order chi connectivity index (χ1) is 7.04. The van der Waals surface area contributed by atoms with E-state index >= 15 is 0 Å². The third-order valence-electron chi connectivity index (χ3n) is 2.55. The van der Waals surface area contributed by atoms with Crippen molar-refractivity contribution in [2.24, 2.45) is 0 Å². The predicted molar refractivity (Wildman–Crippen MR) is 58.1 cm³/mol. The summed E-state index contributed by atoms with van der Waals surface area (Å²) in [5.41, 5.74) is 3.38. The molecular formula is C12H16O3. The summed E-state index contributed by atoms with van der Waals surface area (Å²) in [5.74, 6) is -0.921. The van der Waals surface area contributed by atoms with Gasteiger partial charge in [0.05, 0.1) is 0 Å². The molecule has 0 amide bonds. The molecule has 1 atom stereocenters. The lowest BCUT2D eigenvalue weighted by Crippen LogP contribution is -2.24. The quantitative estimate of drug-likeness (QED) is 0.822. The largest absolute Gasteiger partial charge is 0.479 e.